The number of rotatable bonds is 3. The molecule has 1 aliphatic rings. The standard InChI is InChI=1S/C27H25N5O2/c1-18-6-7-23(16-28-18)20-8-9-25-24(15-20)26(30-17-29-25)21-4-3-5-22(14-21)27(34)32-12-10-31(11-13-32)19(2)33/h3-9,14-17H,10-13H2,1-2H3. The predicted molar refractivity (Wildman–Crippen MR) is 131 cm³/mol. The Morgan fingerprint density at radius 1 is 0.794 bits per heavy atom. The van der Waals surface area contributed by atoms with Crippen molar-refractivity contribution in [1.82, 2.24) is 24.8 Å². The fourth-order valence-corrected chi connectivity index (χ4v) is 4.31. The van der Waals surface area contributed by atoms with Gasteiger partial charge in [-0.05, 0) is 42.8 Å². The predicted octanol–water partition coefficient (Wildman–Crippen LogP) is 3.97. The summed E-state index contributed by atoms with van der Waals surface area (Å²) in [7, 11) is 0. The molecule has 0 atom stereocenters. The zero-order valence-electron chi connectivity index (χ0n) is 19.2. The minimum atomic E-state index is -0.0326. The molecule has 0 unspecified atom stereocenters. The maximum atomic E-state index is 13.2. The number of carbonyl (C=O) groups excluding carboxylic acids is 2. The zero-order chi connectivity index (χ0) is 23.7. The van der Waals surface area contributed by atoms with Crippen LogP contribution in [0.2, 0.25) is 0 Å². The van der Waals surface area contributed by atoms with Crippen LogP contribution in [0.25, 0.3) is 33.3 Å². The van der Waals surface area contributed by atoms with Gasteiger partial charge in [0, 0.05) is 67.1 Å². The molecule has 0 bridgehead atoms. The van der Waals surface area contributed by atoms with E-state index in [4.69, 9.17) is 0 Å². The maximum absolute atomic E-state index is 13.2. The molecule has 5 rings (SSSR count). The third-order valence-electron chi connectivity index (χ3n) is 6.28. The van der Waals surface area contributed by atoms with Crippen molar-refractivity contribution in [3.8, 4) is 22.4 Å². The first kappa shape index (κ1) is 21.7. The second-order valence-corrected chi connectivity index (χ2v) is 8.52. The van der Waals surface area contributed by atoms with Crippen LogP contribution < -0.4 is 0 Å². The summed E-state index contributed by atoms with van der Waals surface area (Å²) < 4.78 is 0. The number of fused-ring (bicyclic) bond motifs is 1. The second kappa shape index (κ2) is 9.02. The van der Waals surface area contributed by atoms with Gasteiger partial charge in [-0.3, -0.25) is 14.6 Å². The lowest BCUT2D eigenvalue weighted by molar-refractivity contribution is -0.130. The average Bonchev–Trinajstić information content (AvgIpc) is 2.88. The van der Waals surface area contributed by atoms with Crippen LogP contribution in [0.3, 0.4) is 0 Å². The number of piperazine rings is 1. The van der Waals surface area contributed by atoms with Gasteiger partial charge in [-0.25, -0.2) is 9.97 Å². The van der Waals surface area contributed by atoms with Crippen molar-refractivity contribution in [2.24, 2.45) is 0 Å². The summed E-state index contributed by atoms with van der Waals surface area (Å²) in [6.45, 7) is 5.73. The highest BCUT2D eigenvalue weighted by molar-refractivity contribution is 5.98. The van der Waals surface area contributed by atoms with Gasteiger partial charge in [-0.15, -0.1) is 0 Å². The van der Waals surface area contributed by atoms with E-state index in [-0.39, 0.29) is 11.8 Å². The number of amides is 2. The van der Waals surface area contributed by atoms with E-state index in [1.807, 2.05) is 55.6 Å². The number of hydrogen-bond acceptors (Lipinski definition) is 5. The van der Waals surface area contributed by atoms with Gasteiger partial charge in [-0.1, -0.05) is 24.3 Å². The Bertz CT molecular complexity index is 1380. The minimum Gasteiger partial charge on any atom is -0.339 e. The number of nitrogens with zero attached hydrogens (tertiary/aromatic N) is 5. The molecule has 0 radical (unpaired) electrons. The lowest BCUT2D eigenvalue weighted by Crippen LogP contribution is -2.50. The van der Waals surface area contributed by atoms with Crippen molar-refractivity contribution < 1.29 is 9.59 Å². The number of aromatic nitrogens is 3. The molecule has 0 aliphatic carbocycles. The Morgan fingerprint density at radius 2 is 1.56 bits per heavy atom. The van der Waals surface area contributed by atoms with Gasteiger partial charge in [-0.2, -0.15) is 0 Å². The molecule has 1 fully saturated rings. The number of carbonyl (C=O) groups is 2. The molecule has 1 aliphatic heterocycles. The van der Waals surface area contributed by atoms with Gasteiger partial charge in [0.25, 0.3) is 5.91 Å². The van der Waals surface area contributed by atoms with Crippen LogP contribution in [0.4, 0.5) is 0 Å². The lowest BCUT2D eigenvalue weighted by Gasteiger charge is -2.34. The monoisotopic (exact) mass is 451 g/mol. The Labute approximate surface area is 198 Å². The Kier molecular flexibility index (Phi) is 5.76. The Hall–Kier alpha value is -4.13. The van der Waals surface area contributed by atoms with Crippen molar-refractivity contribution in [3.05, 3.63) is 78.4 Å². The molecule has 4 aromatic rings. The molecule has 2 aromatic carbocycles. The van der Waals surface area contributed by atoms with Crippen molar-refractivity contribution in [1.29, 1.82) is 0 Å². The summed E-state index contributed by atoms with van der Waals surface area (Å²) in [4.78, 5) is 41.8. The van der Waals surface area contributed by atoms with E-state index in [0.29, 0.717) is 31.7 Å². The SMILES string of the molecule is CC(=O)N1CCN(C(=O)c2cccc(-c3ncnc4ccc(-c5ccc(C)nc5)cc34)c2)CC1. The van der Waals surface area contributed by atoms with Crippen molar-refractivity contribution in [2.45, 2.75) is 13.8 Å². The molecule has 34 heavy (non-hydrogen) atoms. The zero-order valence-corrected chi connectivity index (χ0v) is 19.2. The molecule has 2 aromatic heterocycles. The fourth-order valence-electron chi connectivity index (χ4n) is 4.31. The molecule has 7 nitrogen and oxygen atoms in total. The summed E-state index contributed by atoms with van der Waals surface area (Å²) in [5, 5.41) is 0.917. The summed E-state index contributed by atoms with van der Waals surface area (Å²) in [5.41, 5.74) is 6.12. The van der Waals surface area contributed by atoms with E-state index in [2.05, 4.69) is 27.1 Å². The largest absolute Gasteiger partial charge is 0.339 e. The minimum absolute atomic E-state index is 0.0326. The molecule has 3 heterocycles. The third kappa shape index (κ3) is 4.24. The smallest absolute Gasteiger partial charge is 0.253 e. The first-order chi connectivity index (χ1) is 16.5. The van der Waals surface area contributed by atoms with Crippen molar-refractivity contribution in [2.75, 3.05) is 26.2 Å². The molecule has 0 N–H and O–H groups in total. The Morgan fingerprint density at radius 3 is 2.29 bits per heavy atom. The van der Waals surface area contributed by atoms with E-state index in [9.17, 15) is 9.59 Å². The van der Waals surface area contributed by atoms with E-state index in [0.717, 1.165) is 39.0 Å². The van der Waals surface area contributed by atoms with Crippen LogP contribution >= 0.6 is 0 Å². The highest BCUT2D eigenvalue weighted by atomic mass is 16.2. The van der Waals surface area contributed by atoms with Crippen molar-refractivity contribution >= 4 is 22.7 Å². The van der Waals surface area contributed by atoms with E-state index in [1.54, 1.807) is 23.1 Å². The molecule has 1 saturated heterocycles. The summed E-state index contributed by atoms with van der Waals surface area (Å²) >= 11 is 0. The van der Waals surface area contributed by atoms with E-state index >= 15 is 0 Å². The van der Waals surface area contributed by atoms with Gasteiger partial charge in [0.05, 0.1) is 11.2 Å². The summed E-state index contributed by atoms with van der Waals surface area (Å²) in [6, 6.07) is 17.7. The van der Waals surface area contributed by atoms with Crippen LogP contribution in [0.1, 0.15) is 23.0 Å². The Balaban J connectivity index is 1.47. The number of hydrogen-bond donors (Lipinski definition) is 0. The first-order valence-corrected chi connectivity index (χ1v) is 11.3. The third-order valence-corrected chi connectivity index (χ3v) is 6.28. The van der Waals surface area contributed by atoms with Gasteiger partial charge >= 0.3 is 0 Å². The van der Waals surface area contributed by atoms with E-state index in [1.165, 1.54) is 0 Å². The van der Waals surface area contributed by atoms with Gasteiger partial charge in [0.15, 0.2) is 0 Å². The fraction of sp³-hybridized carbons (Fsp3) is 0.222. The normalized spacial score (nSPS) is 13.8. The topological polar surface area (TPSA) is 79.3 Å². The average molecular weight is 452 g/mol. The maximum Gasteiger partial charge on any atom is 0.253 e. The summed E-state index contributed by atoms with van der Waals surface area (Å²) in [5.74, 6) is 0.0142. The van der Waals surface area contributed by atoms with Crippen LogP contribution in [0, 0.1) is 6.92 Å². The van der Waals surface area contributed by atoms with Crippen LogP contribution in [-0.4, -0.2) is 62.7 Å². The van der Waals surface area contributed by atoms with Gasteiger partial charge in [0.1, 0.15) is 6.33 Å². The molecule has 0 spiro atoms. The van der Waals surface area contributed by atoms with Gasteiger partial charge < -0.3 is 9.80 Å². The van der Waals surface area contributed by atoms with Gasteiger partial charge in [0.2, 0.25) is 5.91 Å². The highest BCUT2D eigenvalue weighted by Gasteiger charge is 2.23. The number of benzene rings is 2. The van der Waals surface area contributed by atoms with Crippen LogP contribution in [0.5, 0.6) is 0 Å². The number of aryl methyl sites for hydroxylation is 1. The number of pyridine rings is 1. The molecule has 2 amide bonds. The summed E-state index contributed by atoms with van der Waals surface area (Å²) in [6.07, 6.45) is 3.42. The van der Waals surface area contributed by atoms with E-state index < -0.39 is 0 Å². The quantitative estimate of drug-likeness (QED) is 0.471. The molecular formula is C27H25N5O2. The molecule has 7 heteroatoms. The molecule has 0 saturated carbocycles. The highest BCUT2D eigenvalue weighted by Crippen LogP contribution is 2.30. The molecular weight excluding hydrogens is 426 g/mol. The molecule has 170 valence electrons. The first-order valence-electron chi connectivity index (χ1n) is 11.3. The second-order valence-electron chi connectivity index (χ2n) is 8.52. The van der Waals surface area contributed by atoms with Crippen LogP contribution in [0.15, 0.2) is 67.1 Å². The van der Waals surface area contributed by atoms with Crippen molar-refractivity contribution in [3.63, 3.8) is 0 Å². The lowest BCUT2D eigenvalue weighted by atomic mass is 10.00. The van der Waals surface area contributed by atoms with Crippen LogP contribution in [-0.2, 0) is 4.79 Å².